The van der Waals surface area contributed by atoms with Crippen molar-refractivity contribution in [3.8, 4) is 0 Å². The van der Waals surface area contributed by atoms with Gasteiger partial charge in [0, 0.05) is 16.9 Å². The Kier molecular flexibility index (Phi) is 2.68. The van der Waals surface area contributed by atoms with Crippen molar-refractivity contribution in [2.75, 3.05) is 11.1 Å². The van der Waals surface area contributed by atoms with Crippen molar-refractivity contribution in [3.05, 3.63) is 35.8 Å². The number of carbonyl (C=O) groups excluding carboxylic acids is 1. The number of benzene rings is 1. The summed E-state index contributed by atoms with van der Waals surface area (Å²) in [5, 5.41) is 4.08. The number of aromatic nitrogens is 3. The van der Waals surface area contributed by atoms with Gasteiger partial charge in [0.2, 0.25) is 5.13 Å². The van der Waals surface area contributed by atoms with Gasteiger partial charge in [-0.15, -0.1) is 0 Å². The Bertz CT molecular complexity index is 760. The number of amides is 1. The molecule has 0 bridgehead atoms. The van der Waals surface area contributed by atoms with E-state index in [0.29, 0.717) is 22.3 Å². The van der Waals surface area contributed by atoms with Gasteiger partial charge in [-0.3, -0.25) is 10.1 Å². The molecule has 0 aliphatic heterocycles. The number of fused-ring (bicyclic) bond motifs is 1. The Morgan fingerprint density at radius 3 is 3.00 bits per heavy atom. The lowest BCUT2D eigenvalue weighted by atomic mass is 10.2. The molecule has 19 heavy (non-hydrogen) atoms. The number of anilines is 2. The van der Waals surface area contributed by atoms with Crippen LogP contribution in [0.25, 0.3) is 10.9 Å². The van der Waals surface area contributed by atoms with Crippen LogP contribution in [0.3, 0.4) is 0 Å². The quantitative estimate of drug-likeness (QED) is 0.623. The third-order valence-corrected chi connectivity index (χ3v) is 3.40. The van der Waals surface area contributed by atoms with Crippen molar-refractivity contribution >= 4 is 39.2 Å². The van der Waals surface area contributed by atoms with E-state index in [4.69, 9.17) is 5.73 Å². The number of nitrogens with two attached hydrogens (primary N) is 1. The van der Waals surface area contributed by atoms with E-state index in [0.717, 1.165) is 22.4 Å². The van der Waals surface area contributed by atoms with E-state index < -0.39 is 0 Å². The Balaban J connectivity index is 1.91. The fourth-order valence-corrected chi connectivity index (χ4v) is 2.38. The van der Waals surface area contributed by atoms with Crippen molar-refractivity contribution in [2.45, 2.75) is 6.92 Å². The molecular weight excluding hydrogens is 262 g/mol. The van der Waals surface area contributed by atoms with Gasteiger partial charge in [0.25, 0.3) is 5.91 Å². The summed E-state index contributed by atoms with van der Waals surface area (Å²) >= 11 is 1.15. The molecule has 0 fully saturated rings. The lowest BCUT2D eigenvalue weighted by Gasteiger charge is -1.97. The second-order valence-corrected chi connectivity index (χ2v) is 4.85. The van der Waals surface area contributed by atoms with E-state index in [1.807, 2.05) is 12.1 Å². The number of nitrogens with one attached hydrogen (secondary N) is 2. The normalized spacial score (nSPS) is 10.8. The minimum atomic E-state index is -0.258. The molecule has 0 aliphatic carbocycles. The first-order valence-corrected chi connectivity index (χ1v) is 6.40. The molecule has 1 amide bonds. The van der Waals surface area contributed by atoms with Crippen LogP contribution in [0.2, 0.25) is 0 Å². The highest BCUT2D eigenvalue weighted by Gasteiger charge is 2.12. The molecule has 2 heterocycles. The first kappa shape index (κ1) is 11.7. The summed E-state index contributed by atoms with van der Waals surface area (Å²) in [5.41, 5.74) is 7.67. The number of hydrogen-bond acceptors (Lipinski definition) is 5. The van der Waals surface area contributed by atoms with Crippen LogP contribution >= 0.6 is 11.5 Å². The molecule has 0 aliphatic rings. The molecule has 0 atom stereocenters. The second-order valence-electron chi connectivity index (χ2n) is 4.10. The Morgan fingerprint density at radius 2 is 2.32 bits per heavy atom. The fourth-order valence-electron chi connectivity index (χ4n) is 1.81. The molecule has 0 saturated heterocycles. The van der Waals surface area contributed by atoms with Gasteiger partial charge in [-0.1, -0.05) is 12.1 Å². The van der Waals surface area contributed by atoms with Crippen molar-refractivity contribution in [1.29, 1.82) is 0 Å². The first-order chi connectivity index (χ1) is 9.13. The van der Waals surface area contributed by atoms with Crippen molar-refractivity contribution in [2.24, 2.45) is 0 Å². The molecule has 7 heteroatoms. The summed E-state index contributed by atoms with van der Waals surface area (Å²) in [6.45, 7) is 1.77. The third-order valence-electron chi connectivity index (χ3n) is 2.68. The number of nitrogen functional groups attached to an aromatic ring is 1. The summed E-state index contributed by atoms with van der Waals surface area (Å²) in [6.07, 6.45) is 0. The summed E-state index contributed by atoms with van der Waals surface area (Å²) in [6, 6.07) is 7.29. The minimum absolute atomic E-state index is 0.258. The van der Waals surface area contributed by atoms with Crippen LogP contribution in [0.1, 0.15) is 16.3 Å². The molecular formula is C12H11N5OS. The number of para-hydroxylation sites is 1. The maximum absolute atomic E-state index is 12.1. The molecule has 96 valence electrons. The largest absolute Gasteiger partial charge is 0.397 e. The Morgan fingerprint density at radius 1 is 1.47 bits per heavy atom. The van der Waals surface area contributed by atoms with Gasteiger partial charge in [-0.25, -0.2) is 4.98 Å². The smallest absolute Gasteiger partial charge is 0.273 e. The van der Waals surface area contributed by atoms with Gasteiger partial charge in [0.15, 0.2) is 0 Å². The van der Waals surface area contributed by atoms with Gasteiger partial charge in [0.1, 0.15) is 11.5 Å². The Labute approximate surface area is 112 Å². The van der Waals surface area contributed by atoms with E-state index in [2.05, 4.69) is 19.7 Å². The first-order valence-electron chi connectivity index (χ1n) is 5.62. The zero-order valence-corrected chi connectivity index (χ0v) is 10.9. The summed E-state index contributed by atoms with van der Waals surface area (Å²) in [5.74, 6) is 0.382. The van der Waals surface area contributed by atoms with Gasteiger partial charge in [-0.2, -0.15) is 4.37 Å². The number of hydrogen-bond donors (Lipinski definition) is 3. The van der Waals surface area contributed by atoms with E-state index in [1.54, 1.807) is 19.1 Å². The molecule has 1 aromatic carbocycles. The molecule has 0 spiro atoms. The highest BCUT2D eigenvalue weighted by Crippen LogP contribution is 2.21. The molecule has 0 unspecified atom stereocenters. The van der Waals surface area contributed by atoms with Gasteiger partial charge in [0.05, 0.1) is 11.2 Å². The van der Waals surface area contributed by atoms with Gasteiger partial charge >= 0.3 is 0 Å². The van der Waals surface area contributed by atoms with Crippen LogP contribution in [0.15, 0.2) is 24.3 Å². The standard InChI is InChI=1S/C12H11N5OS/c1-6-14-12(19-17-6)16-11(18)9-5-7-3-2-4-8(13)10(7)15-9/h2-5,15H,13H2,1H3,(H,14,16,17,18). The molecule has 4 N–H and O–H groups in total. The van der Waals surface area contributed by atoms with E-state index in [9.17, 15) is 4.79 Å². The van der Waals surface area contributed by atoms with Crippen LogP contribution in [0.5, 0.6) is 0 Å². The number of nitrogens with zero attached hydrogens (tertiary/aromatic N) is 2. The lowest BCUT2D eigenvalue weighted by Crippen LogP contribution is -2.11. The van der Waals surface area contributed by atoms with E-state index >= 15 is 0 Å². The van der Waals surface area contributed by atoms with Crippen LogP contribution < -0.4 is 11.1 Å². The van der Waals surface area contributed by atoms with Crippen LogP contribution in [-0.2, 0) is 0 Å². The highest BCUT2D eigenvalue weighted by molar-refractivity contribution is 7.09. The number of rotatable bonds is 2. The minimum Gasteiger partial charge on any atom is -0.397 e. The SMILES string of the molecule is Cc1nsc(NC(=O)c2cc3cccc(N)c3[nH]2)n1. The van der Waals surface area contributed by atoms with Gasteiger partial charge < -0.3 is 10.7 Å². The molecule has 2 aromatic heterocycles. The molecule has 0 saturated carbocycles. The van der Waals surface area contributed by atoms with Crippen molar-refractivity contribution in [1.82, 2.24) is 14.3 Å². The maximum Gasteiger partial charge on any atom is 0.273 e. The molecule has 0 radical (unpaired) electrons. The summed E-state index contributed by atoms with van der Waals surface area (Å²) < 4.78 is 4.01. The Hall–Kier alpha value is -2.41. The van der Waals surface area contributed by atoms with Crippen LogP contribution in [-0.4, -0.2) is 20.2 Å². The zero-order valence-electron chi connectivity index (χ0n) is 10.1. The number of H-pyrrole nitrogens is 1. The number of aryl methyl sites for hydroxylation is 1. The predicted molar refractivity (Wildman–Crippen MR) is 75.3 cm³/mol. The molecule has 3 aromatic rings. The van der Waals surface area contributed by atoms with Crippen LogP contribution in [0, 0.1) is 6.92 Å². The van der Waals surface area contributed by atoms with Crippen LogP contribution in [0.4, 0.5) is 10.8 Å². The maximum atomic E-state index is 12.1. The zero-order chi connectivity index (χ0) is 13.4. The van der Waals surface area contributed by atoms with Crippen molar-refractivity contribution < 1.29 is 4.79 Å². The average Bonchev–Trinajstić information content (AvgIpc) is 2.96. The van der Waals surface area contributed by atoms with Crippen molar-refractivity contribution in [3.63, 3.8) is 0 Å². The topological polar surface area (TPSA) is 96.7 Å². The summed E-state index contributed by atoms with van der Waals surface area (Å²) in [4.78, 5) is 19.2. The molecule has 3 rings (SSSR count). The average molecular weight is 273 g/mol. The summed E-state index contributed by atoms with van der Waals surface area (Å²) in [7, 11) is 0. The monoisotopic (exact) mass is 273 g/mol. The second kappa shape index (κ2) is 4.36. The number of aromatic amines is 1. The highest BCUT2D eigenvalue weighted by atomic mass is 32.1. The predicted octanol–water partition coefficient (Wildman–Crippen LogP) is 2.16. The van der Waals surface area contributed by atoms with E-state index in [-0.39, 0.29) is 5.91 Å². The van der Waals surface area contributed by atoms with E-state index in [1.165, 1.54) is 0 Å². The molecule has 6 nitrogen and oxygen atoms in total. The fraction of sp³-hybridized carbons (Fsp3) is 0.0833. The number of carbonyl (C=O) groups is 1. The lowest BCUT2D eigenvalue weighted by molar-refractivity contribution is 0.102. The van der Waals surface area contributed by atoms with Gasteiger partial charge in [-0.05, 0) is 19.1 Å². The third kappa shape index (κ3) is 2.15.